The number of carboxylic acid groups (broad SMARTS) is 1. The first kappa shape index (κ1) is 26.1. The summed E-state index contributed by atoms with van der Waals surface area (Å²) in [4.78, 5) is 11.5. The Labute approximate surface area is 213 Å². The second-order valence-electron chi connectivity index (χ2n) is 10.1. The number of rotatable bonds is 6. The predicted molar refractivity (Wildman–Crippen MR) is 136 cm³/mol. The molecule has 4 rings (SSSR count). The lowest BCUT2D eigenvalue weighted by Gasteiger charge is -2.37. The number of thioether (sulfide) groups is 1. The Morgan fingerprint density at radius 1 is 1.08 bits per heavy atom. The predicted octanol–water partition coefficient (Wildman–Crippen LogP) is 8.65. The number of carboxylic acids is 1. The molecule has 0 saturated heterocycles. The molecule has 0 radical (unpaired) electrons. The number of halogens is 3. The van der Waals surface area contributed by atoms with Crippen LogP contribution in [0.2, 0.25) is 0 Å². The fourth-order valence-corrected chi connectivity index (χ4v) is 5.40. The summed E-state index contributed by atoms with van der Waals surface area (Å²) in [5.74, 6) is -0.135. The maximum atomic E-state index is 12.7. The highest BCUT2D eigenvalue weighted by Crippen LogP contribution is 2.45. The number of hydrogen-bond acceptors (Lipinski definition) is 3. The first-order valence-corrected chi connectivity index (χ1v) is 12.7. The summed E-state index contributed by atoms with van der Waals surface area (Å²) < 4.78 is 44.6. The van der Waals surface area contributed by atoms with Gasteiger partial charge in [0, 0.05) is 10.5 Å². The minimum atomic E-state index is -4.36. The van der Waals surface area contributed by atoms with E-state index in [4.69, 9.17) is 4.74 Å². The first-order chi connectivity index (χ1) is 16.8. The molecule has 7 heteroatoms. The molecule has 0 aliphatic heterocycles. The smallest absolute Gasteiger partial charge is 0.446 e. The summed E-state index contributed by atoms with van der Waals surface area (Å²) in [7, 11) is 0. The summed E-state index contributed by atoms with van der Waals surface area (Å²) >= 11 is -0.168. The van der Waals surface area contributed by atoms with Gasteiger partial charge in [-0.3, -0.25) is 0 Å². The van der Waals surface area contributed by atoms with E-state index in [1.165, 1.54) is 47.5 Å². The van der Waals surface area contributed by atoms with E-state index < -0.39 is 17.6 Å². The molecule has 2 atom stereocenters. The normalized spacial score (nSPS) is 17.8. The van der Waals surface area contributed by atoms with Crippen LogP contribution in [0.25, 0.3) is 0 Å². The number of carbonyl (C=O) groups is 1. The second kappa shape index (κ2) is 9.85. The molecule has 190 valence electrons. The van der Waals surface area contributed by atoms with Crippen molar-refractivity contribution < 1.29 is 27.8 Å². The van der Waals surface area contributed by atoms with Crippen LogP contribution in [0, 0.1) is 6.92 Å². The summed E-state index contributed by atoms with van der Waals surface area (Å²) in [6.07, 6.45) is 1.63. The van der Waals surface area contributed by atoms with Crippen LogP contribution < -0.4 is 4.74 Å². The highest BCUT2D eigenvalue weighted by atomic mass is 32.2. The van der Waals surface area contributed by atoms with E-state index in [1.54, 1.807) is 12.1 Å². The van der Waals surface area contributed by atoms with Crippen molar-refractivity contribution in [2.24, 2.45) is 0 Å². The molecule has 1 aliphatic rings. The van der Waals surface area contributed by atoms with E-state index in [0.717, 1.165) is 29.5 Å². The van der Waals surface area contributed by atoms with Gasteiger partial charge in [-0.1, -0.05) is 45.0 Å². The van der Waals surface area contributed by atoms with Gasteiger partial charge in [0.05, 0.1) is 5.56 Å². The highest BCUT2D eigenvalue weighted by molar-refractivity contribution is 8.00. The molecule has 3 aromatic carbocycles. The van der Waals surface area contributed by atoms with Gasteiger partial charge in [0.25, 0.3) is 0 Å². The fourth-order valence-electron chi connectivity index (χ4n) is 4.86. The van der Waals surface area contributed by atoms with E-state index in [2.05, 4.69) is 32.9 Å². The number of fused-ring (bicyclic) bond motifs is 1. The molecule has 0 amide bonds. The molecule has 1 N–H and O–H groups in total. The van der Waals surface area contributed by atoms with Gasteiger partial charge in [0.1, 0.15) is 11.9 Å². The van der Waals surface area contributed by atoms with Crippen molar-refractivity contribution in [3.8, 4) is 5.75 Å². The zero-order valence-electron chi connectivity index (χ0n) is 20.6. The molecule has 3 nitrogen and oxygen atoms in total. The Balaban J connectivity index is 1.77. The average molecular weight is 515 g/mol. The van der Waals surface area contributed by atoms with Crippen molar-refractivity contribution in [1.29, 1.82) is 0 Å². The standard InChI is InChI=1S/C29H29F3O3S/c1-17-13-14-28(3,4)25-16-24(18(2)15-23(17)25)26(19-5-7-20(8-6-19)27(33)34)35-21-9-11-22(12-10-21)36-29(30,31)32/h5-12,15-17,26H,13-14H2,1-4H3,(H,33,34). The fraction of sp³-hybridized carbons (Fsp3) is 0.345. The van der Waals surface area contributed by atoms with Crippen LogP contribution in [0.4, 0.5) is 13.2 Å². The Morgan fingerprint density at radius 3 is 2.31 bits per heavy atom. The van der Waals surface area contributed by atoms with Gasteiger partial charge < -0.3 is 9.84 Å². The van der Waals surface area contributed by atoms with Crippen LogP contribution in [0.15, 0.2) is 65.6 Å². The van der Waals surface area contributed by atoms with E-state index >= 15 is 0 Å². The van der Waals surface area contributed by atoms with Crippen molar-refractivity contribution in [3.05, 3.63) is 94.0 Å². The number of benzene rings is 3. The van der Waals surface area contributed by atoms with Gasteiger partial charge in [-0.15, -0.1) is 0 Å². The second-order valence-corrected chi connectivity index (χ2v) is 11.2. The van der Waals surface area contributed by atoms with Gasteiger partial charge in [0.2, 0.25) is 0 Å². The molecule has 3 aromatic rings. The molecule has 2 unspecified atom stereocenters. The zero-order chi connectivity index (χ0) is 26.3. The Morgan fingerprint density at radius 2 is 1.72 bits per heavy atom. The molecule has 0 spiro atoms. The summed E-state index contributed by atoms with van der Waals surface area (Å²) in [6, 6.07) is 16.8. The maximum Gasteiger partial charge on any atom is 0.446 e. The third-order valence-electron chi connectivity index (χ3n) is 6.95. The first-order valence-electron chi connectivity index (χ1n) is 11.8. The van der Waals surface area contributed by atoms with Crippen LogP contribution in [0.3, 0.4) is 0 Å². The Bertz CT molecular complexity index is 1250. The Kier molecular flexibility index (Phi) is 7.15. The lowest BCUT2D eigenvalue weighted by molar-refractivity contribution is -0.0328. The van der Waals surface area contributed by atoms with E-state index in [9.17, 15) is 23.1 Å². The molecule has 36 heavy (non-hydrogen) atoms. The van der Waals surface area contributed by atoms with Gasteiger partial charge >= 0.3 is 11.5 Å². The van der Waals surface area contributed by atoms with E-state index in [1.807, 2.05) is 6.92 Å². The van der Waals surface area contributed by atoms with Gasteiger partial charge in [0.15, 0.2) is 0 Å². The summed E-state index contributed by atoms with van der Waals surface area (Å²) in [5.41, 5.74) is 1.18. The Hall–Kier alpha value is -2.93. The minimum absolute atomic E-state index is 0.00151. The number of ether oxygens (including phenoxy) is 1. The molecule has 0 fully saturated rings. The van der Waals surface area contributed by atoms with E-state index in [-0.39, 0.29) is 27.6 Å². The molecular formula is C29H29F3O3S. The van der Waals surface area contributed by atoms with Gasteiger partial charge in [-0.05, 0) is 102 Å². The molecular weight excluding hydrogens is 485 g/mol. The van der Waals surface area contributed by atoms with Crippen LogP contribution in [-0.4, -0.2) is 16.6 Å². The molecule has 0 aromatic heterocycles. The number of hydrogen-bond donors (Lipinski definition) is 1. The van der Waals surface area contributed by atoms with Crippen molar-refractivity contribution in [2.45, 2.75) is 68.4 Å². The van der Waals surface area contributed by atoms with Crippen molar-refractivity contribution in [1.82, 2.24) is 0 Å². The zero-order valence-corrected chi connectivity index (χ0v) is 21.5. The number of aryl methyl sites for hydroxylation is 1. The monoisotopic (exact) mass is 514 g/mol. The van der Waals surface area contributed by atoms with Gasteiger partial charge in [-0.2, -0.15) is 13.2 Å². The third kappa shape index (κ3) is 5.72. The maximum absolute atomic E-state index is 12.7. The van der Waals surface area contributed by atoms with E-state index in [0.29, 0.717) is 11.7 Å². The summed E-state index contributed by atoms with van der Waals surface area (Å²) in [5, 5.41) is 9.32. The molecule has 0 saturated carbocycles. The minimum Gasteiger partial charge on any atom is -0.481 e. The number of alkyl halides is 3. The van der Waals surface area contributed by atoms with Gasteiger partial charge in [-0.25, -0.2) is 4.79 Å². The summed E-state index contributed by atoms with van der Waals surface area (Å²) in [6.45, 7) is 8.76. The molecule has 1 aliphatic carbocycles. The molecule has 0 bridgehead atoms. The average Bonchev–Trinajstić information content (AvgIpc) is 2.80. The molecule has 0 heterocycles. The largest absolute Gasteiger partial charge is 0.481 e. The third-order valence-corrected chi connectivity index (χ3v) is 7.69. The van der Waals surface area contributed by atoms with Crippen molar-refractivity contribution in [3.63, 3.8) is 0 Å². The quantitative estimate of drug-likeness (QED) is 0.334. The van der Waals surface area contributed by atoms with Crippen molar-refractivity contribution >= 4 is 17.7 Å². The van der Waals surface area contributed by atoms with Crippen LogP contribution in [0.1, 0.15) is 83.8 Å². The number of aromatic carboxylic acids is 1. The van der Waals surface area contributed by atoms with Crippen LogP contribution in [-0.2, 0) is 5.41 Å². The lowest BCUT2D eigenvalue weighted by atomic mass is 9.68. The topological polar surface area (TPSA) is 46.5 Å². The van der Waals surface area contributed by atoms with Crippen molar-refractivity contribution in [2.75, 3.05) is 0 Å². The highest BCUT2D eigenvalue weighted by Gasteiger charge is 2.33. The van der Waals surface area contributed by atoms with Crippen LogP contribution in [0.5, 0.6) is 5.75 Å². The lowest BCUT2D eigenvalue weighted by Crippen LogP contribution is -2.26. The van der Waals surface area contributed by atoms with Crippen LogP contribution >= 0.6 is 11.8 Å². The SMILES string of the molecule is Cc1cc2c(cc1C(Oc1ccc(SC(F)(F)F)cc1)c1ccc(C(=O)O)cc1)C(C)(C)CCC2C.